The molecule has 3 rings (SSSR count). The van der Waals surface area contributed by atoms with Crippen LogP contribution in [0.25, 0.3) is 5.69 Å². The van der Waals surface area contributed by atoms with Crippen molar-refractivity contribution in [2.24, 2.45) is 0 Å². The van der Waals surface area contributed by atoms with Crippen LogP contribution in [0.5, 0.6) is 12.0 Å². The van der Waals surface area contributed by atoms with E-state index in [2.05, 4.69) is 25.0 Å². The zero-order chi connectivity index (χ0) is 13.9. The zero-order valence-corrected chi connectivity index (χ0v) is 11.3. The van der Waals surface area contributed by atoms with Gasteiger partial charge >= 0.3 is 12.0 Å². The van der Waals surface area contributed by atoms with Gasteiger partial charge in [0, 0.05) is 0 Å². The van der Waals surface area contributed by atoms with Gasteiger partial charge < -0.3 is 4.74 Å². The van der Waals surface area contributed by atoms with Crippen molar-refractivity contribution in [3.05, 3.63) is 47.2 Å². The topological polar surface area (TPSA) is 78.6 Å². The number of rotatable bonds is 3. The van der Waals surface area contributed by atoms with E-state index in [9.17, 15) is 0 Å². The molecule has 2 heterocycles. The number of hydrogen-bond acceptors (Lipinski definition) is 6. The SMILES string of the molecule is Clc1nc(Cl)nc(Oc2ncn(-c3ccccc3)n2)n1. The van der Waals surface area contributed by atoms with E-state index in [1.54, 1.807) is 4.68 Å². The molecule has 1 aromatic carbocycles. The normalized spacial score (nSPS) is 10.5. The summed E-state index contributed by atoms with van der Waals surface area (Å²) in [5.74, 6) is 0. The second kappa shape index (κ2) is 5.40. The Morgan fingerprint density at radius 1 is 0.900 bits per heavy atom. The molecule has 0 atom stereocenters. The molecule has 0 bridgehead atoms. The Morgan fingerprint density at radius 3 is 2.30 bits per heavy atom. The average molecular weight is 309 g/mol. The van der Waals surface area contributed by atoms with Crippen LogP contribution in [0.15, 0.2) is 36.7 Å². The van der Waals surface area contributed by atoms with Crippen molar-refractivity contribution in [3.8, 4) is 17.7 Å². The first kappa shape index (κ1) is 12.8. The molecule has 0 N–H and O–H groups in total. The van der Waals surface area contributed by atoms with Crippen LogP contribution in [0.3, 0.4) is 0 Å². The van der Waals surface area contributed by atoms with Crippen molar-refractivity contribution in [1.82, 2.24) is 29.7 Å². The molecule has 20 heavy (non-hydrogen) atoms. The minimum atomic E-state index is -0.0687. The summed E-state index contributed by atoms with van der Waals surface area (Å²) in [5.41, 5.74) is 0.849. The van der Waals surface area contributed by atoms with E-state index in [0.717, 1.165) is 5.69 Å². The van der Waals surface area contributed by atoms with Gasteiger partial charge in [0.1, 0.15) is 6.33 Å². The Bertz CT molecular complexity index is 713. The number of halogens is 2. The van der Waals surface area contributed by atoms with Crippen molar-refractivity contribution in [2.75, 3.05) is 0 Å². The van der Waals surface area contributed by atoms with Gasteiger partial charge in [-0.25, -0.2) is 4.68 Å². The third-order valence-electron chi connectivity index (χ3n) is 2.23. The van der Waals surface area contributed by atoms with Crippen LogP contribution >= 0.6 is 23.2 Å². The Hall–Kier alpha value is -2.25. The molecule has 0 aliphatic rings. The van der Waals surface area contributed by atoms with Crippen LogP contribution in [-0.4, -0.2) is 29.7 Å². The summed E-state index contributed by atoms with van der Waals surface area (Å²) in [5, 5.41) is 4.00. The summed E-state index contributed by atoms with van der Waals surface area (Å²) >= 11 is 11.3. The molecule has 0 aliphatic carbocycles. The summed E-state index contributed by atoms with van der Waals surface area (Å²) in [7, 11) is 0. The lowest BCUT2D eigenvalue weighted by atomic mass is 10.3. The summed E-state index contributed by atoms with van der Waals surface area (Å²) in [4.78, 5) is 15.1. The molecular weight excluding hydrogens is 303 g/mol. The van der Waals surface area contributed by atoms with Crippen LogP contribution in [0.4, 0.5) is 0 Å². The fourth-order valence-corrected chi connectivity index (χ4v) is 1.78. The maximum Gasteiger partial charge on any atom is 0.343 e. The third-order valence-corrected chi connectivity index (χ3v) is 2.57. The molecule has 0 unspecified atom stereocenters. The lowest BCUT2D eigenvalue weighted by Gasteiger charge is -1.99. The second-order valence-corrected chi connectivity index (χ2v) is 4.24. The summed E-state index contributed by atoms with van der Waals surface area (Å²) < 4.78 is 6.82. The molecule has 0 aliphatic heterocycles. The van der Waals surface area contributed by atoms with Crippen molar-refractivity contribution >= 4 is 23.2 Å². The number of benzene rings is 1. The lowest BCUT2D eigenvalue weighted by molar-refractivity contribution is 0.405. The summed E-state index contributed by atoms with van der Waals surface area (Å²) in [6.07, 6.45) is 1.51. The fraction of sp³-hybridized carbons (Fsp3) is 0. The van der Waals surface area contributed by atoms with E-state index < -0.39 is 0 Å². The number of hydrogen-bond donors (Lipinski definition) is 0. The van der Waals surface area contributed by atoms with E-state index in [1.165, 1.54) is 6.33 Å². The molecule has 0 spiro atoms. The number of ether oxygens (including phenoxy) is 1. The van der Waals surface area contributed by atoms with E-state index in [-0.39, 0.29) is 22.6 Å². The van der Waals surface area contributed by atoms with Crippen molar-refractivity contribution < 1.29 is 4.74 Å². The van der Waals surface area contributed by atoms with Gasteiger partial charge in [-0.2, -0.15) is 19.9 Å². The zero-order valence-electron chi connectivity index (χ0n) is 9.81. The standard InChI is InChI=1S/C11H6Cl2N6O/c12-8-15-9(13)17-11(16-8)20-10-14-6-19(18-10)7-4-2-1-3-5-7/h1-6H. The van der Waals surface area contributed by atoms with Gasteiger partial charge in [-0.1, -0.05) is 18.2 Å². The molecule has 9 heteroatoms. The third kappa shape index (κ3) is 2.84. The molecule has 0 saturated carbocycles. The molecular formula is C11H6Cl2N6O. The molecule has 3 aromatic rings. The largest absolute Gasteiger partial charge is 0.387 e. The molecule has 2 aromatic heterocycles. The smallest absolute Gasteiger partial charge is 0.343 e. The molecule has 0 saturated heterocycles. The highest BCUT2D eigenvalue weighted by molar-refractivity contribution is 6.31. The molecule has 0 fully saturated rings. The Morgan fingerprint density at radius 2 is 1.60 bits per heavy atom. The van der Waals surface area contributed by atoms with Gasteiger partial charge in [0.05, 0.1) is 5.69 Å². The van der Waals surface area contributed by atoms with Gasteiger partial charge in [0.2, 0.25) is 10.6 Å². The van der Waals surface area contributed by atoms with Crippen LogP contribution in [-0.2, 0) is 0 Å². The van der Waals surface area contributed by atoms with Crippen LogP contribution in [0.1, 0.15) is 0 Å². The predicted octanol–water partition coefficient (Wildman–Crippen LogP) is 2.55. The molecule has 0 amide bonds. The van der Waals surface area contributed by atoms with E-state index in [1.807, 2.05) is 30.3 Å². The van der Waals surface area contributed by atoms with Gasteiger partial charge in [-0.15, -0.1) is 5.10 Å². The van der Waals surface area contributed by atoms with Crippen LogP contribution in [0.2, 0.25) is 10.6 Å². The first-order valence-corrected chi connectivity index (χ1v) is 6.18. The quantitative estimate of drug-likeness (QED) is 0.740. The minimum absolute atomic E-state index is 0.0671. The lowest BCUT2D eigenvalue weighted by Crippen LogP contribution is -1.98. The molecule has 100 valence electrons. The average Bonchev–Trinajstić information content (AvgIpc) is 2.87. The fourth-order valence-electron chi connectivity index (χ4n) is 1.44. The maximum absolute atomic E-state index is 5.64. The van der Waals surface area contributed by atoms with Crippen LogP contribution < -0.4 is 4.74 Å². The monoisotopic (exact) mass is 308 g/mol. The van der Waals surface area contributed by atoms with Gasteiger partial charge in [-0.05, 0) is 35.3 Å². The number of nitrogens with zero attached hydrogens (tertiary/aromatic N) is 6. The van der Waals surface area contributed by atoms with Crippen molar-refractivity contribution in [2.45, 2.75) is 0 Å². The number of para-hydroxylation sites is 1. The number of aromatic nitrogens is 6. The van der Waals surface area contributed by atoms with Crippen molar-refractivity contribution in [1.29, 1.82) is 0 Å². The highest BCUT2D eigenvalue weighted by atomic mass is 35.5. The maximum atomic E-state index is 5.64. The van der Waals surface area contributed by atoms with E-state index >= 15 is 0 Å². The molecule has 7 nitrogen and oxygen atoms in total. The highest BCUT2D eigenvalue weighted by Gasteiger charge is 2.09. The predicted molar refractivity (Wildman–Crippen MR) is 71.3 cm³/mol. The van der Waals surface area contributed by atoms with Gasteiger partial charge in [-0.3, -0.25) is 0 Å². The van der Waals surface area contributed by atoms with E-state index in [0.29, 0.717) is 0 Å². The Balaban J connectivity index is 1.84. The van der Waals surface area contributed by atoms with Crippen molar-refractivity contribution in [3.63, 3.8) is 0 Å². The summed E-state index contributed by atoms with van der Waals surface area (Å²) in [6.45, 7) is 0. The Kier molecular flexibility index (Phi) is 3.44. The van der Waals surface area contributed by atoms with E-state index in [4.69, 9.17) is 27.9 Å². The van der Waals surface area contributed by atoms with Gasteiger partial charge in [0.25, 0.3) is 0 Å². The summed E-state index contributed by atoms with van der Waals surface area (Å²) in [6, 6.07) is 9.47. The van der Waals surface area contributed by atoms with Crippen LogP contribution in [0, 0.1) is 0 Å². The first-order chi connectivity index (χ1) is 9.70. The molecule has 0 radical (unpaired) electrons. The highest BCUT2D eigenvalue weighted by Crippen LogP contribution is 2.17. The van der Waals surface area contributed by atoms with Gasteiger partial charge in [0.15, 0.2) is 0 Å². The minimum Gasteiger partial charge on any atom is -0.387 e. The second-order valence-electron chi connectivity index (χ2n) is 3.57. The Labute approximate surface area is 123 Å². The first-order valence-electron chi connectivity index (χ1n) is 5.43.